The molecule has 24 heavy (non-hydrogen) atoms. The molecule has 0 bridgehead atoms. The third-order valence-electron chi connectivity index (χ3n) is 3.86. The number of aromatic nitrogens is 1. The number of hydrogen-bond acceptors (Lipinski definition) is 6. The SMILES string of the molecule is CC(CS(C)(=O)=O)N(C(=O)Cc1coc(-c2cccs2)n1)C1CC1. The maximum absolute atomic E-state index is 12.7. The van der Waals surface area contributed by atoms with Crippen LogP contribution in [0.5, 0.6) is 0 Å². The fourth-order valence-electron chi connectivity index (χ4n) is 2.83. The molecular weight excluding hydrogens is 348 g/mol. The van der Waals surface area contributed by atoms with Crippen molar-refractivity contribution in [2.24, 2.45) is 0 Å². The Kier molecular flexibility index (Phi) is 4.78. The molecular formula is C16H20N2O4S2. The average molecular weight is 368 g/mol. The van der Waals surface area contributed by atoms with Crippen LogP contribution in [0.3, 0.4) is 0 Å². The van der Waals surface area contributed by atoms with Gasteiger partial charge in [0, 0.05) is 18.3 Å². The Balaban J connectivity index is 1.70. The molecule has 130 valence electrons. The fraction of sp³-hybridized carbons (Fsp3) is 0.500. The number of carbonyl (C=O) groups excluding carboxylic acids is 1. The van der Waals surface area contributed by atoms with Crippen molar-refractivity contribution in [2.45, 2.75) is 38.3 Å². The number of sulfone groups is 1. The summed E-state index contributed by atoms with van der Waals surface area (Å²) in [7, 11) is -3.13. The van der Waals surface area contributed by atoms with E-state index >= 15 is 0 Å². The van der Waals surface area contributed by atoms with Gasteiger partial charge in [-0.1, -0.05) is 6.07 Å². The molecule has 1 amide bonds. The molecule has 1 aliphatic carbocycles. The standard InChI is InChI=1S/C16H20N2O4S2/c1-11(10-24(2,20)21)18(13-5-6-13)15(19)8-12-9-22-16(17-12)14-4-3-7-23-14/h3-4,7,9,11,13H,5-6,8,10H2,1-2H3. The summed E-state index contributed by atoms with van der Waals surface area (Å²) in [4.78, 5) is 19.7. The Bertz CT molecular complexity index is 807. The van der Waals surface area contributed by atoms with E-state index in [1.807, 2.05) is 17.5 Å². The first-order valence-electron chi connectivity index (χ1n) is 7.80. The maximum Gasteiger partial charge on any atom is 0.236 e. The van der Waals surface area contributed by atoms with Crippen LogP contribution in [0.4, 0.5) is 0 Å². The van der Waals surface area contributed by atoms with E-state index in [2.05, 4.69) is 4.98 Å². The van der Waals surface area contributed by atoms with Gasteiger partial charge in [-0.25, -0.2) is 13.4 Å². The summed E-state index contributed by atoms with van der Waals surface area (Å²) in [5, 5.41) is 1.94. The van der Waals surface area contributed by atoms with Crippen molar-refractivity contribution < 1.29 is 17.6 Å². The summed E-state index contributed by atoms with van der Waals surface area (Å²) < 4.78 is 28.5. The normalized spacial score (nSPS) is 16.1. The molecule has 0 saturated heterocycles. The lowest BCUT2D eigenvalue weighted by Gasteiger charge is -2.28. The zero-order valence-electron chi connectivity index (χ0n) is 13.6. The highest BCUT2D eigenvalue weighted by molar-refractivity contribution is 7.90. The maximum atomic E-state index is 12.7. The van der Waals surface area contributed by atoms with E-state index in [1.54, 1.807) is 11.8 Å². The van der Waals surface area contributed by atoms with E-state index in [0.29, 0.717) is 11.6 Å². The molecule has 1 unspecified atom stereocenters. The number of oxazole rings is 1. The van der Waals surface area contributed by atoms with Gasteiger partial charge in [-0.15, -0.1) is 11.3 Å². The molecule has 0 radical (unpaired) electrons. The summed E-state index contributed by atoms with van der Waals surface area (Å²) in [5.41, 5.74) is 0.570. The highest BCUT2D eigenvalue weighted by Gasteiger charge is 2.36. The van der Waals surface area contributed by atoms with Gasteiger partial charge in [-0.3, -0.25) is 4.79 Å². The molecule has 0 aliphatic heterocycles. The molecule has 2 aromatic rings. The van der Waals surface area contributed by atoms with E-state index in [4.69, 9.17) is 4.42 Å². The Labute approximate surface area is 145 Å². The van der Waals surface area contributed by atoms with Crippen LogP contribution in [-0.2, 0) is 21.1 Å². The first-order valence-corrected chi connectivity index (χ1v) is 10.7. The van der Waals surface area contributed by atoms with E-state index in [9.17, 15) is 13.2 Å². The molecule has 0 spiro atoms. The monoisotopic (exact) mass is 368 g/mol. The van der Waals surface area contributed by atoms with E-state index in [1.165, 1.54) is 23.9 Å². The van der Waals surface area contributed by atoms with Gasteiger partial charge in [0.05, 0.1) is 22.7 Å². The first kappa shape index (κ1) is 17.2. The van der Waals surface area contributed by atoms with E-state index < -0.39 is 9.84 Å². The molecule has 0 aromatic carbocycles. The Hall–Kier alpha value is -1.67. The third kappa shape index (κ3) is 4.24. The van der Waals surface area contributed by atoms with E-state index in [0.717, 1.165) is 17.7 Å². The van der Waals surface area contributed by atoms with Gasteiger partial charge < -0.3 is 9.32 Å². The summed E-state index contributed by atoms with van der Waals surface area (Å²) in [6.07, 6.45) is 4.68. The second-order valence-corrected chi connectivity index (χ2v) is 9.40. The summed E-state index contributed by atoms with van der Waals surface area (Å²) >= 11 is 1.52. The first-order chi connectivity index (χ1) is 11.3. The molecule has 1 aliphatic rings. The quantitative estimate of drug-likeness (QED) is 0.749. The largest absolute Gasteiger partial charge is 0.444 e. The topological polar surface area (TPSA) is 80.5 Å². The van der Waals surface area contributed by atoms with Gasteiger partial charge in [0.25, 0.3) is 0 Å². The second-order valence-electron chi connectivity index (χ2n) is 6.27. The van der Waals surface area contributed by atoms with Gasteiger partial charge in [0.2, 0.25) is 11.8 Å². The minimum absolute atomic E-state index is 0.0193. The highest BCUT2D eigenvalue weighted by atomic mass is 32.2. The van der Waals surface area contributed by atoms with E-state index in [-0.39, 0.29) is 30.2 Å². The van der Waals surface area contributed by atoms with Crippen LogP contribution in [-0.4, -0.2) is 48.3 Å². The van der Waals surface area contributed by atoms with Crippen LogP contribution in [0, 0.1) is 0 Å². The van der Waals surface area contributed by atoms with Crippen molar-refractivity contribution in [1.29, 1.82) is 0 Å². The number of nitrogens with zero attached hydrogens (tertiary/aromatic N) is 2. The van der Waals surface area contributed by atoms with Crippen molar-refractivity contribution in [3.8, 4) is 10.8 Å². The second kappa shape index (κ2) is 6.68. The van der Waals surface area contributed by atoms with Crippen LogP contribution in [0.2, 0.25) is 0 Å². The molecule has 6 nitrogen and oxygen atoms in total. The Morgan fingerprint density at radius 1 is 1.50 bits per heavy atom. The lowest BCUT2D eigenvalue weighted by molar-refractivity contribution is -0.132. The molecule has 0 N–H and O–H groups in total. The highest BCUT2D eigenvalue weighted by Crippen LogP contribution is 2.30. The van der Waals surface area contributed by atoms with Crippen LogP contribution < -0.4 is 0 Å². The molecule has 1 fully saturated rings. The minimum atomic E-state index is -3.13. The Morgan fingerprint density at radius 2 is 2.25 bits per heavy atom. The van der Waals surface area contributed by atoms with Crippen LogP contribution in [0.1, 0.15) is 25.5 Å². The van der Waals surface area contributed by atoms with Crippen LogP contribution >= 0.6 is 11.3 Å². The number of carbonyl (C=O) groups is 1. The van der Waals surface area contributed by atoms with Crippen LogP contribution in [0.15, 0.2) is 28.2 Å². The van der Waals surface area contributed by atoms with Crippen molar-refractivity contribution in [2.75, 3.05) is 12.0 Å². The zero-order chi connectivity index (χ0) is 17.3. The predicted molar refractivity (Wildman–Crippen MR) is 92.6 cm³/mol. The van der Waals surface area contributed by atoms with Gasteiger partial charge in [0.15, 0.2) is 0 Å². The summed E-state index contributed by atoms with van der Waals surface area (Å²) in [5.74, 6) is 0.392. The lowest BCUT2D eigenvalue weighted by Crippen LogP contribution is -2.44. The molecule has 3 rings (SSSR count). The summed E-state index contributed by atoms with van der Waals surface area (Å²) in [6, 6.07) is 3.64. The third-order valence-corrected chi connectivity index (χ3v) is 5.81. The zero-order valence-corrected chi connectivity index (χ0v) is 15.3. The Morgan fingerprint density at radius 3 is 2.83 bits per heavy atom. The molecule has 1 saturated carbocycles. The average Bonchev–Trinajstić information content (AvgIpc) is 2.98. The smallest absolute Gasteiger partial charge is 0.236 e. The van der Waals surface area contributed by atoms with Crippen molar-refractivity contribution in [3.05, 3.63) is 29.5 Å². The number of thiophene rings is 1. The predicted octanol–water partition coefficient (Wildman–Crippen LogP) is 2.37. The fourth-order valence-corrected chi connectivity index (χ4v) is 4.52. The van der Waals surface area contributed by atoms with Crippen molar-refractivity contribution in [1.82, 2.24) is 9.88 Å². The van der Waals surface area contributed by atoms with Gasteiger partial charge in [-0.05, 0) is 31.2 Å². The number of amides is 1. The molecule has 8 heteroatoms. The minimum Gasteiger partial charge on any atom is -0.444 e. The van der Waals surface area contributed by atoms with Crippen molar-refractivity contribution in [3.63, 3.8) is 0 Å². The molecule has 1 atom stereocenters. The molecule has 2 heterocycles. The number of hydrogen-bond donors (Lipinski definition) is 0. The number of rotatable bonds is 7. The van der Waals surface area contributed by atoms with Gasteiger partial charge >= 0.3 is 0 Å². The van der Waals surface area contributed by atoms with Crippen molar-refractivity contribution >= 4 is 27.1 Å². The van der Waals surface area contributed by atoms with Gasteiger partial charge in [-0.2, -0.15) is 0 Å². The van der Waals surface area contributed by atoms with Gasteiger partial charge in [0.1, 0.15) is 16.1 Å². The van der Waals surface area contributed by atoms with Crippen LogP contribution in [0.25, 0.3) is 10.8 Å². The molecule has 2 aromatic heterocycles. The summed E-state index contributed by atoms with van der Waals surface area (Å²) in [6.45, 7) is 1.79. The lowest BCUT2D eigenvalue weighted by atomic mass is 10.2.